The van der Waals surface area contributed by atoms with Crippen LogP contribution in [0.3, 0.4) is 0 Å². The fourth-order valence-electron chi connectivity index (χ4n) is 2.75. The van der Waals surface area contributed by atoms with E-state index >= 15 is 0 Å². The topological polar surface area (TPSA) is 50.7 Å². The van der Waals surface area contributed by atoms with E-state index in [0.29, 0.717) is 22.4 Å². The number of nitrogens with one attached hydrogen (secondary N) is 1. The Morgan fingerprint density at radius 1 is 0.967 bits per heavy atom. The number of halogens is 2. The van der Waals surface area contributed by atoms with Gasteiger partial charge < -0.3 is 10.1 Å². The van der Waals surface area contributed by atoms with Crippen LogP contribution in [0.25, 0.3) is 6.08 Å². The molecule has 0 bridgehead atoms. The number of para-hydroxylation sites is 1. The Labute approximate surface area is 195 Å². The second-order valence-electron chi connectivity index (χ2n) is 6.41. The maximum atomic E-state index is 12.4. The number of hydrogen-bond donors (Lipinski definition) is 1. The summed E-state index contributed by atoms with van der Waals surface area (Å²) < 4.78 is 7.97. The number of carbonyl (C=O) groups is 1. The fourth-order valence-corrected chi connectivity index (χ4v) is 4.22. The highest BCUT2D eigenvalue weighted by Gasteiger charge is 2.24. The molecule has 1 amide bonds. The zero-order valence-electron chi connectivity index (χ0n) is 15.6. The molecular weight excluding hydrogens is 528 g/mol. The van der Waals surface area contributed by atoms with E-state index in [1.807, 2.05) is 78.9 Å². The molecule has 1 fully saturated rings. The number of benzene rings is 3. The molecule has 0 spiro atoms. The van der Waals surface area contributed by atoms with Crippen molar-refractivity contribution in [3.05, 3.63) is 97.8 Å². The van der Waals surface area contributed by atoms with E-state index in [4.69, 9.17) is 4.74 Å². The molecule has 3 aromatic carbocycles. The summed E-state index contributed by atoms with van der Waals surface area (Å²) in [4.78, 5) is 17.5. The number of ether oxygens (including phenoxy) is 1. The third kappa shape index (κ3) is 5.41. The minimum absolute atomic E-state index is 0.173. The molecular formula is C23H16Br2N2O2S. The summed E-state index contributed by atoms with van der Waals surface area (Å²) in [5, 5.41) is 3.38. The van der Waals surface area contributed by atoms with Crippen LogP contribution in [-0.4, -0.2) is 11.1 Å². The van der Waals surface area contributed by atoms with Crippen molar-refractivity contribution in [2.24, 2.45) is 4.99 Å². The van der Waals surface area contributed by atoms with Gasteiger partial charge in [-0.1, -0.05) is 62.2 Å². The van der Waals surface area contributed by atoms with Crippen molar-refractivity contribution in [2.75, 3.05) is 0 Å². The van der Waals surface area contributed by atoms with Crippen LogP contribution in [0, 0.1) is 0 Å². The molecule has 0 aromatic heterocycles. The van der Waals surface area contributed by atoms with Crippen LogP contribution in [0.1, 0.15) is 11.1 Å². The largest absolute Gasteiger partial charge is 0.488 e. The maximum Gasteiger partial charge on any atom is 0.264 e. The summed E-state index contributed by atoms with van der Waals surface area (Å²) in [5.41, 5.74) is 2.67. The second-order valence-corrected chi connectivity index (χ2v) is 9.28. The van der Waals surface area contributed by atoms with Gasteiger partial charge in [-0.2, -0.15) is 0 Å². The third-order valence-electron chi connectivity index (χ3n) is 4.20. The van der Waals surface area contributed by atoms with Gasteiger partial charge in [0.2, 0.25) is 0 Å². The summed E-state index contributed by atoms with van der Waals surface area (Å²) in [7, 11) is 0. The van der Waals surface area contributed by atoms with Crippen LogP contribution < -0.4 is 10.1 Å². The predicted octanol–water partition coefficient (Wildman–Crippen LogP) is 6.68. The average Bonchev–Trinajstić information content (AvgIpc) is 3.08. The van der Waals surface area contributed by atoms with Gasteiger partial charge in [0.1, 0.15) is 12.4 Å². The first kappa shape index (κ1) is 20.9. The van der Waals surface area contributed by atoms with Gasteiger partial charge in [0.15, 0.2) is 5.17 Å². The normalized spacial score (nSPS) is 16.1. The quantitative estimate of drug-likeness (QED) is 0.365. The highest BCUT2D eigenvalue weighted by molar-refractivity contribution is 9.10. The van der Waals surface area contributed by atoms with Gasteiger partial charge in [0, 0.05) is 14.5 Å². The monoisotopic (exact) mass is 542 g/mol. The minimum atomic E-state index is -0.173. The van der Waals surface area contributed by atoms with Gasteiger partial charge >= 0.3 is 0 Å². The lowest BCUT2D eigenvalue weighted by molar-refractivity contribution is -0.115. The Bertz CT molecular complexity index is 1130. The zero-order chi connectivity index (χ0) is 20.9. The molecule has 1 N–H and O–H groups in total. The first-order valence-electron chi connectivity index (χ1n) is 9.08. The fraction of sp³-hybridized carbons (Fsp3) is 0.0435. The Kier molecular flexibility index (Phi) is 6.72. The molecule has 3 aromatic rings. The summed E-state index contributed by atoms with van der Waals surface area (Å²) in [6.07, 6.45) is 1.83. The summed E-state index contributed by atoms with van der Waals surface area (Å²) in [6, 6.07) is 23.3. The summed E-state index contributed by atoms with van der Waals surface area (Å²) in [5.74, 6) is 0.531. The number of amides is 1. The molecule has 1 aliphatic heterocycles. The van der Waals surface area contributed by atoms with Crippen LogP contribution in [-0.2, 0) is 11.4 Å². The standard InChI is InChI=1S/C23H16Br2N2O2S/c24-17-8-6-15(7-9-17)14-29-20-11-10-18(25)12-16(20)13-21-22(28)27-23(30-21)26-19-4-2-1-3-5-19/h1-13H,14H2,(H,26,27,28)/b21-13-. The molecule has 0 saturated carbocycles. The Balaban J connectivity index is 1.55. The van der Waals surface area contributed by atoms with Crippen LogP contribution in [0.2, 0.25) is 0 Å². The van der Waals surface area contributed by atoms with Crippen LogP contribution in [0.4, 0.5) is 5.69 Å². The Morgan fingerprint density at radius 3 is 2.47 bits per heavy atom. The maximum absolute atomic E-state index is 12.4. The lowest BCUT2D eigenvalue weighted by atomic mass is 10.2. The van der Waals surface area contributed by atoms with E-state index in [-0.39, 0.29) is 5.91 Å². The van der Waals surface area contributed by atoms with Gasteiger partial charge in [0.25, 0.3) is 5.91 Å². The number of rotatable bonds is 5. The van der Waals surface area contributed by atoms with Gasteiger partial charge in [0.05, 0.1) is 10.6 Å². The van der Waals surface area contributed by atoms with E-state index in [1.54, 1.807) is 0 Å². The van der Waals surface area contributed by atoms with Gasteiger partial charge in [-0.05, 0) is 65.9 Å². The molecule has 0 unspecified atom stereocenters. The van der Waals surface area contributed by atoms with Gasteiger partial charge in [-0.15, -0.1) is 0 Å². The lowest BCUT2D eigenvalue weighted by Gasteiger charge is -2.10. The van der Waals surface area contributed by atoms with Crippen molar-refractivity contribution in [1.29, 1.82) is 0 Å². The minimum Gasteiger partial charge on any atom is -0.488 e. The molecule has 1 saturated heterocycles. The van der Waals surface area contributed by atoms with Crippen LogP contribution >= 0.6 is 43.6 Å². The SMILES string of the molecule is O=C1NC(=Nc2ccccc2)S/C1=C\c1cc(Br)ccc1OCc1ccc(Br)cc1. The Hall–Kier alpha value is -2.35. The van der Waals surface area contributed by atoms with Crippen molar-refractivity contribution in [2.45, 2.75) is 6.61 Å². The van der Waals surface area contributed by atoms with E-state index in [9.17, 15) is 4.79 Å². The first-order chi connectivity index (χ1) is 14.6. The molecule has 0 atom stereocenters. The lowest BCUT2D eigenvalue weighted by Crippen LogP contribution is -2.19. The highest BCUT2D eigenvalue weighted by Crippen LogP contribution is 2.32. The van der Waals surface area contributed by atoms with Gasteiger partial charge in [-0.3, -0.25) is 4.79 Å². The highest BCUT2D eigenvalue weighted by atomic mass is 79.9. The van der Waals surface area contributed by atoms with Crippen LogP contribution in [0.5, 0.6) is 5.75 Å². The molecule has 4 nitrogen and oxygen atoms in total. The van der Waals surface area contributed by atoms with Crippen molar-refractivity contribution in [1.82, 2.24) is 5.32 Å². The van der Waals surface area contributed by atoms with Crippen molar-refractivity contribution in [3.63, 3.8) is 0 Å². The number of amidine groups is 1. The molecule has 0 radical (unpaired) electrons. The summed E-state index contributed by atoms with van der Waals surface area (Å²) >= 11 is 8.25. The number of thioether (sulfide) groups is 1. The Morgan fingerprint density at radius 2 is 1.70 bits per heavy atom. The molecule has 1 aliphatic rings. The van der Waals surface area contributed by atoms with E-state index in [1.165, 1.54) is 11.8 Å². The summed E-state index contributed by atoms with van der Waals surface area (Å²) in [6.45, 7) is 0.436. The molecule has 30 heavy (non-hydrogen) atoms. The zero-order valence-corrected chi connectivity index (χ0v) is 19.6. The van der Waals surface area contributed by atoms with Crippen molar-refractivity contribution < 1.29 is 9.53 Å². The second kappa shape index (κ2) is 9.64. The number of carbonyl (C=O) groups excluding carboxylic acids is 1. The van der Waals surface area contributed by atoms with Crippen molar-refractivity contribution >= 4 is 66.5 Å². The van der Waals surface area contributed by atoms with E-state index < -0.39 is 0 Å². The average molecular weight is 544 g/mol. The van der Waals surface area contributed by atoms with Gasteiger partial charge in [-0.25, -0.2) is 4.99 Å². The first-order valence-corrected chi connectivity index (χ1v) is 11.5. The molecule has 0 aliphatic carbocycles. The third-order valence-corrected chi connectivity index (χ3v) is 6.14. The van der Waals surface area contributed by atoms with Crippen LogP contribution in [0.15, 0.2) is 91.6 Å². The van der Waals surface area contributed by atoms with E-state index in [2.05, 4.69) is 42.2 Å². The van der Waals surface area contributed by atoms with Crippen molar-refractivity contribution in [3.8, 4) is 5.75 Å². The predicted molar refractivity (Wildman–Crippen MR) is 130 cm³/mol. The molecule has 1 heterocycles. The molecule has 4 rings (SSSR count). The number of hydrogen-bond acceptors (Lipinski definition) is 4. The number of nitrogens with zero attached hydrogens (tertiary/aromatic N) is 1. The molecule has 7 heteroatoms. The smallest absolute Gasteiger partial charge is 0.264 e. The molecule has 150 valence electrons. The number of aliphatic imine (C=N–C) groups is 1. The van der Waals surface area contributed by atoms with E-state index in [0.717, 1.165) is 25.8 Å².